The number of thioether (sulfide) groups is 1. The van der Waals surface area contributed by atoms with Gasteiger partial charge < -0.3 is 9.64 Å². The monoisotopic (exact) mass is 455 g/mol. The first kappa shape index (κ1) is 23.5. The lowest BCUT2D eigenvalue weighted by molar-refractivity contribution is -0.135. The molecule has 1 amide bonds. The second kappa shape index (κ2) is 10.9. The number of carbonyl (C=O) groups excluding carboxylic acids is 1. The fourth-order valence-electron chi connectivity index (χ4n) is 3.89. The molecule has 0 aromatic heterocycles. The van der Waals surface area contributed by atoms with Crippen molar-refractivity contribution in [1.29, 1.82) is 0 Å². The Balaban J connectivity index is 1.60. The molecule has 2 aliphatic heterocycles. The summed E-state index contributed by atoms with van der Waals surface area (Å²) < 4.78 is 34.1. The quantitative estimate of drug-likeness (QED) is 0.611. The molecule has 2 fully saturated rings. The number of hydrogen-bond donors (Lipinski definition) is 1. The Morgan fingerprint density at radius 3 is 2.53 bits per heavy atom. The number of ether oxygens (including phenoxy) is 1. The molecule has 7 nitrogen and oxygen atoms in total. The van der Waals surface area contributed by atoms with Gasteiger partial charge in [0.2, 0.25) is 15.9 Å². The molecular weight excluding hydrogens is 422 g/mol. The van der Waals surface area contributed by atoms with E-state index in [9.17, 15) is 13.2 Å². The van der Waals surface area contributed by atoms with Gasteiger partial charge in [0.1, 0.15) is 6.04 Å². The average Bonchev–Trinajstić information content (AvgIpc) is 3.24. The summed E-state index contributed by atoms with van der Waals surface area (Å²) >= 11 is 1.61. The number of nitrogens with zero attached hydrogens (tertiary/aromatic N) is 2. The van der Waals surface area contributed by atoms with Gasteiger partial charge in [-0.25, -0.2) is 8.42 Å². The molecule has 0 radical (unpaired) electrons. The van der Waals surface area contributed by atoms with E-state index in [1.807, 2.05) is 13.2 Å². The number of amides is 1. The Kier molecular flexibility index (Phi) is 8.59. The molecule has 2 saturated heterocycles. The van der Waals surface area contributed by atoms with Crippen LogP contribution in [-0.2, 0) is 19.6 Å². The summed E-state index contributed by atoms with van der Waals surface area (Å²) in [7, 11) is -3.75. The van der Waals surface area contributed by atoms with E-state index in [4.69, 9.17) is 4.74 Å². The van der Waals surface area contributed by atoms with Crippen LogP contribution in [0.2, 0.25) is 0 Å². The summed E-state index contributed by atoms with van der Waals surface area (Å²) in [6, 6.07) is 5.95. The Labute approximate surface area is 184 Å². The van der Waals surface area contributed by atoms with Gasteiger partial charge in [0.15, 0.2) is 0 Å². The van der Waals surface area contributed by atoms with E-state index in [0.29, 0.717) is 31.4 Å². The maximum atomic E-state index is 13.2. The van der Waals surface area contributed by atoms with E-state index in [2.05, 4.69) is 9.62 Å². The van der Waals surface area contributed by atoms with Crippen LogP contribution >= 0.6 is 11.8 Å². The first-order valence-electron chi connectivity index (χ1n) is 10.6. The van der Waals surface area contributed by atoms with Crippen molar-refractivity contribution in [3.63, 3.8) is 0 Å². The lowest BCUT2D eigenvalue weighted by Crippen LogP contribution is -2.55. The van der Waals surface area contributed by atoms with E-state index in [0.717, 1.165) is 44.6 Å². The van der Waals surface area contributed by atoms with E-state index < -0.39 is 16.1 Å². The molecule has 2 heterocycles. The molecule has 3 rings (SSSR count). The van der Waals surface area contributed by atoms with Gasteiger partial charge in [-0.15, -0.1) is 0 Å². The summed E-state index contributed by atoms with van der Waals surface area (Å²) in [6.07, 6.45) is 4.97. The van der Waals surface area contributed by atoms with Crippen LogP contribution in [0.15, 0.2) is 29.2 Å². The highest BCUT2D eigenvalue weighted by atomic mass is 32.2. The number of benzene rings is 1. The molecule has 9 heteroatoms. The minimum absolute atomic E-state index is 0.128. The number of piperazine rings is 1. The van der Waals surface area contributed by atoms with Gasteiger partial charge in [-0.1, -0.05) is 17.7 Å². The van der Waals surface area contributed by atoms with Crippen LogP contribution in [0, 0.1) is 6.92 Å². The van der Waals surface area contributed by atoms with E-state index >= 15 is 0 Å². The number of hydrogen-bond acceptors (Lipinski definition) is 6. The Bertz CT molecular complexity index is 787. The van der Waals surface area contributed by atoms with Crippen LogP contribution in [0.5, 0.6) is 0 Å². The summed E-state index contributed by atoms with van der Waals surface area (Å²) in [4.78, 5) is 17.5. The predicted octanol–water partition coefficient (Wildman–Crippen LogP) is 1.72. The molecular formula is C21H33N3O4S2. The number of carbonyl (C=O) groups is 1. The predicted molar refractivity (Wildman–Crippen MR) is 120 cm³/mol. The summed E-state index contributed by atoms with van der Waals surface area (Å²) in [5, 5.41) is 0. The van der Waals surface area contributed by atoms with Crippen molar-refractivity contribution in [2.45, 2.75) is 43.2 Å². The van der Waals surface area contributed by atoms with Gasteiger partial charge in [-0.3, -0.25) is 9.69 Å². The van der Waals surface area contributed by atoms with Crippen LogP contribution in [0.4, 0.5) is 0 Å². The van der Waals surface area contributed by atoms with Crippen molar-refractivity contribution in [1.82, 2.24) is 14.5 Å². The number of nitrogens with one attached hydrogen (secondary N) is 1. The van der Waals surface area contributed by atoms with Gasteiger partial charge in [-0.05, 0) is 50.3 Å². The van der Waals surface area contributed by atoms with Crippen molar-refractivity contribution < 1.29 is 17.9 Å². The van der Waals surface area contributed by atoms with Crippen molar-refractivity contribution >= 4 is 27.7 Å². The fourth-order valence-corrected chi connectivity index (χ4v) is 5.58. The van der Waals surface area contributed by atoms with Gasteiger partial charge in [0.25, 0.3) is 0 Å². The van der Waals surface area contributed by atoms with Gasteiger partial charge in [0.05, 0.1) is 11.0 Å². The van der Waals surface area contributed by atoms with Crippen molar-refractivity contribution in [3.8, 4) is 0 Å². The lowest BCUT2D eigenvalue weighted by atomic mass is 10.1. The topological polar surface area (TPSA) is 79.0 Å². The molecule has 2 atom stereocenters. The zero-order valence-corrected chi connectivity index (χ0v) is 19.5. The second-order valence-corrected chi connectivity index (χ2v) is 10.7. The molecule has 30 heavy (non-hydrogen) atoms. The van der Waals surface area contributed by atoms with Crippen LogP contribution in [0.25, 0.3) is 0 Å². The van der Waals surface area contributed by atoms with Gasteiger partial charge in [-0.2, -0.15) is 16.5 Å². The molecule has 0 saturated carbocycles. The normalized spacial score (nSPS) is 21.7. The lowest BCUT2D eigenvalue weighted by Gasteiger charge is -2.37. The average molecular weight is 456 g/mol. The minimum atomic E-state index is -3.75. The first-order valence-corrected chi connectivity index (χ1v) is 13.5. The summed E-state index contributed by atoms with van der Waals surface area (Å²) in [5.74, 6) is 0.586. The third-order valence-electron chi connectivity index (χ3n) is 5.71. The van der Waals surface area contributed by atoms with Crippen LogP contribution in [0.3, 0.4) is 0 Å². The SMILES string of the molecule is CSCC[C@@H](NS(=O)(=O)c1ccc(C)cc1)C(=O)N1CCN(C[C@H]2CCCO2)CC1. The van der Waals surface area contributed by atoms with Crippen LogP contribution in [-0.4, -0.2) is 87.6 Å². The molecule has 168 valence electrons. The van der Waals surface area contributed by atoms with E-state index in [-0.39, 0.29) is 10.8 Å². The third kappa shape index (κ3) is 6.43. The number of aryl methyl sites for hydroxylation is 1. The number of rotatable bonds is 9. The van der Waals surface area contributed by atoms with Crippen LogP contribution in [0.1, 0.15) is 24.8 Å². The van der Waals surface area contributed by atoms with E-state index in [1.54, 1.807) is 40.9 Å². The van der Waals surface area contributed by atoms with Crippen molar-refractivity contribution in [3.05, 3.63) is 29.8 Å². The molecule has 2 aliphatic rings. The molecule has 1 aromatic carbocycles. The van der Waals surface area contributed by atoms with Crippen molar-refractivity contribution in [2.75, 3.05) is 51.3 Å². The molecule has 0 bridgehead atoms. The first-order chi connectivity index (χ1) is 14.4. The molecule has 0 spiro atoms. The molecule has 0 unspecified atom stereocenters. The zero-order valence-electron chi connectivity index (χ0n) is 17.9. The largest absolute Gasteiger partial charge is 0.377 e. The third-order valence-corrected chi connectivity index (χ3v) is 7.84. The molecule has 0 aliphatic carbocycles. The Morgan fingerprint density at radius 2 is 1.93 bits per heavy atom. The highest BCUT2D eigenvalue weighted by Gasteiger charge is 2.31. The fraction of sp³-hybridized carbons (Fsp3) is 0.667. The molecule has 1 N–H and O–H groups in total. The number of sulfonamides is 1. The Morgan fingerprint density at radius 1 is 1.23 bits per heavy atom. The molecule has 1 aromatic rings. The smallest absolute Gasteiger partial charge is 0.241 e. The van der Waals surface area contributed by atoms with Gasteiger partial charge in [0, 0.05) is 39.3 Å². The highest BCUT2D eigenvalue weighted by Crippen LogP contribution is 2.17. The van der Waals surface area contributed by atoms with Gasteiger partial charge >= 0.3 is 0 Å². The summed E-state index contributed by atoms with van der Waals surface area (Å²) in [5.41, 5.74) is 0.991. The maximum Gasteiger partial charge on any atom is 0.241 e. The zero-order chi connectivity index (χ0) is 21.6. The van der Waals surface area contributed by atoms with E-state index in [1.165, 1.54) is 0 Å². The highest BCUT2D eigenvalue weighted by molar-refractivity contribution is 7.98. The van der Waals surface area contributed by atoms with Crippen LogP contribution < -0.4 is 4.72 Å². The summed E-state index contributed by atoms with van der Waals surface area (Å²) in [6.45, 7) is 6.50. The second-order valence-electron chi connectivity index (χ2n) is 8.03. The maximum absolute atomic E-state index is 13.2. The Hall–Kier alpha value is -1.13. The minimum Gasteiger partial charge on any atom is -0.377 e. The standard InChI is InChI=1S/C21H33N3O4S2/c1-17-5-7-19(8-6-17)30(26,27)22-20(9-15-29-2)21(25)24-12-10-23(11-13-24)16-18-4-3-14-28-18/h5-8,18,20,22H,3-4,9-16H2,1-2H3/t18-,20-/m1/s1. The van der Waals surface area contributed by atoms with Crippen molar-refractivity contribution in [2.24, 2.45) is 0 Å².